The highest BCUT2D eigenvalue weighted by atomic mass is 32.1. The van der Waals surface area contributed by atoms with Crippen LogP contribution < -0.4 is 10.3 Å². The number of rotatable bonds is 5. The van der Waals surface area contributed by atoms with Crippen LogP contribution in [-0.2, 0) is 0 Å². The van der Waals surface area contributed by atoms with Gasteiger partial charge in [0.05, 0.1) is 15.9 Å². The molecule has 0 spiro atoms. The molecule has 0 atom stereocenters. The van der Waals surface area contributed by atoms with E-state index < -0.39 is 0 Å². The van der Waals surface area contributed by atoms with Crippen LogP contribution in [0.5, 0.6) is 0 Å². The van der Waals surface area contributed by atoms with Crippen LogP contribution in [0.2, 0.25) is 0 Å². The number of nitrogens with zero attached hydrogens (tertiary/aromatic N) is 5. The average molecular weight is 401 g/mol. The Morgan fingerprint density at radius 2 is 1.62 bits per heavy atom. The quantitative estimate of drug-likeness (QED) is 0.196. The lowest BCUT2D eigenvalue weighted by molar-refractivity contribution is 1.13. The first-order valence-corrected chi connectivity index (χ1v) is 9.94. The molecule has 1 N–H and O–H groups in total. The summed E-state index contributed by atoms with van der Waals surface area (Å²) in [6.45, 7) is 0. The van der Waals surface area contributed by atoms with Crippen LogP contribution in [0, 0.1) is 0 Å². The van der Waals surface area contributed by atoms with Crippen LogP contribution in [-0.4, -0.2) is 24.9 Å². The number of azo groups is 1. The minimum absolute atomic E-state index is 0.488. The van der Waals surface area contributed by atoms with E-state index in [0.29, 0.717) is 11.0 Å². The van der Waals surface area contributed by atoms with Gasteiger partial charge in [0.2, 0.25) is 11.0 Å². The summed E-state index contributed by atoms with van der Waals surface area (Å²) in [7, 11) is 4.02. The zero-order chi connectivity index (χ0) is 20.1. The second-order valence-corrected chi connectivity index (χ2v) is 7.53. The number of nitrogens with one attached hydrogen (secondary N) is 1. The predicted molar refractivity (Wildman–Crippen MR) is 122 cm³/mol. The van der Waals surface area contributed by atoms with Gasteiger partial charge in [-0.3, -0.25) is 5.43 Å². The number of anilines is 2. The maximum atomic E-state index is 4.50. The number of benzene rings is 3. The number of thiazole rings is 1. The van der Waals surface area contributed by atoms with Gasteiger partial charge in [-0.15, -0.1) is 10.2 Å². The van der Waals surface area contributed by atoms with E-state index in [1.807, 2.05) is 93.0 Å². The highest BCUT2D eigenvalue weighted by molar-refractivity contribution is 7.21. The maximum Gasteiger partial charge on any atom is 0.231 e. The summed E-state index contributed by atoms with van der Waals surface area (Å²) in [6, 6.07) is 25.7. The van der Waals surface area contributed by atoms with Gasteiger partial charge in [-0.25, -0.2) is 4.98 Å². The SMILES string of the molecule is CN(C)c1ccc(NN=C(N=Nc2nc3ccccc3s2)c2ccccc2)cc1. The van der Waals surface area contributed by atoms with Crippen molar-refractivity contribution < 1.29 is 0 Å². The second-order valence-electron chi connectivity index (χ2n) is 6.52. The Morgan fingerprint density at radius 3 is 2.34 bits per heavy atom. The highest BCUT2D eigenvalue weighted by Gasteiger charge is 2.05. The summed E-state index contributed by atoms with van der Waals surface area (Å²) in [6.07, 6.45) is 0. The number of hydrazone groups is 1. The van der Waals surface area contributed by atoms with E-state index in [0.717, 1.165) is 27.2 Å². The molecule has 0 aliphatic rings. The van der Waals surface area contributed by atoms with E-state index in [1.165, 1.54) is 11.3 Å². The van der Waals surface area contributed by atoms with Gasteiger partial charge in [-0.1, -0.05) is 53.8 Å². The Labute approximate surface area is 173 Å². The normalized spacial score (nSPS) is 11.9. The molecule has 4 aromatic rings. The van der Waals surface area contributed by atoms with Crippen molar-refractivity contribution in [1.29, 1.82) is 0 Å². The van der Waals surface area contributed by atoms with Gasteiger partial charge in [0.25, 0.3) is 0 Å². The van der Waals surface area contributed by atoms with E-state index in [1.54, 1.807) is 0 Å². The molecule has 0 unspecified atom stereocenters. The molecule has 144 valence electrons. The molecule has 0 radical (unpaired) electrons. The number of hydrogen-bond acceptors (Lipinski definition) is 6. The van der Waals surface area contributed by atoms with Crippen molar-refractivity contribution in [1.82, 2.24) is 4.98 Å². The van der Waals surface area contributed by atoms with Gasteiger partial charge in [0, 0.05) is 25.3 Å². The van der Waals surface area contributed by atoms with Crippen LogP contribution in [0.1, 0.15) is 5.56 Å². The van der Waals surface area contributed by atoms with Crippen LogP contribution in [0.25, 0.3) is 10.2 Å². The van der Waals surface area contributed by atoms with Crippen LogP contribution >= 0.6 is 11.3 Å². The first-order chi connectivity index (χ1) is 14.2. The number of fused-ring (bicyclic) bond motifs is 1. The van der Waals surface area contributed by atoms with Gasteiger partial charge in [-0.2, -0.15) is 5.10 Å². The maximum absolute atomic E-state index is 4.50. The van der Waals surface area contributed by atoms with Gasteiger partial charge in [0.15, 0.2) is 0 Å². The largest absolute Gasteiger partial charge is 0.378 e. The third-order valence-electron chi connectivity index (χ3n) is 4.22. The minimum atomic E-state index is 0.488. The summed E-state index contributed by atoms with van der Waals surface area (Å²) >= 11 is 1.50. The number of amidine groups is 1. The minimum Gasteiger partial charge on any atom is -0.378 e. The van der Waals surface area contributed by atoms with E-state index in [2.05, 4.69) is 30.6 Å². The monoisotopic (exact) mass is 400 g/mol. The number of hydrogen-bond donors (Lipinski definition) is 1. The summed E-state index contributed by atoms with van der Waals surface area (Å²) in [4.78, 5) is 6.55. The van der Waals surface area contributed by atoms with Crippen molar-refractivity contribution in [2.75, 3.05) is 24.4 Å². The smallest absolute Gasteiger partial charge is 0.231 e. The van der Waals surface area contributed by atoms with Gasteiger partial charge in [0.1, 0.15) is 0 Å². The molecule has 29 heavy (non-hydrogen) atoms. The zero-order valence-electron chi connectivity index (χ0n) is 16.1. The predicted octanol–water partition coefficient (Wildman–Crippen LogP) is 5.92. The molecular weight excluding hydrogens is 380 g/mol. The Kier molecular flexibility index (Phi) is 5.58. The molecule has 0 amide bonds. The second kappa shape index (κ2) is 8.62. The molecule has 0 saturated heterocycles. The Morgan fingerprint density at radius 1 is 0.897 bits per heavy atom. The van der Waals surface area contributed by atoms with E-state index >= 15 is 0 Å². The summed E-state index contributed by atoms with van der Waals surface area (Å²) in [5.41, 5.74) is 6.86. The zero-order valence-corrected chi connectivity index (χ0v) is 17.0. The highest BCUT2D eigenvalue weighted by Crippen LogP contribution is 2.28. The van der Waals surface area contributed by atoms with Crippen molar-refractivity contribution in [3.63, 3.8) is 0 Å². The molecule has 3 aromatic carbocycles. The van der Waals surface area contributed by atoms with Crippen LogP contribution in [0.3, 0.4) is 0 Å². The first-order valence-electron chi connectivity index (χ1n) is 9.13. The van der Waals surface area contributed by atoms with E-state index in [9.17, 15) is 0 Å². The molecule has 1 aromatic heterocycles. The van der Waals surface area contributed by atoms with Crippen molar-refractivity contribution >= 4 is 43.9 Å². The molecule has 0 fully saturated rings. The third kappa shape index (κ3) is 4.64. The van der Waals surface area contributed by atoms with Gasteiger partial charge < -0.3 is 4.90 Å². The lowest BCUT2D eigenvalue weighted by Gasteiger charge is -2.12. The third-order valence-corrected chi connectivity index (χ3v) is 5.14. The van der Waals surface area contributed by atoms with E-state index in [4.69, 9.17) is 0 Å². The molecule has 0 bridgehead atoms. The standard InChI is InChI=1S/C22H20N6S/c1-28(2)18-14-12-17(13-15-18)24-25-21(16-8-4-3-5-9-16)26-27-22-23-19-10-6-7-11-20(19)29-22/h3-15,24H,1-2H3. The Hall–Kier alpha value is -3.58. The van der Waals surface area contributed by atoms with E-state index in [-0.39, 0.29) is 0 Å². The Balaban J connectivity index is 1.60. The molecule has 1 heterocycles. The van der Waals surface area contributed by atoms with Crippen LogP contribution in [0.4, 0.5) is 16.5 Å². The molecule has 6 nitrogen and oxygen atoms in total. The first kappa shape index (κ1) is 18.8. The lowest BCUT2D eigenvalue weighted by atomic mass is 10.2. The lowest BCUT2D eigenvalue weighted by Crippen LogP contribution is -2.08. The molecule has 7 heteroatoms. The fourth-order valence-corrected chi connectivity index (χ4v) is 3.46. The fourth-order valence-electron chi connectivity index (χ4n) is 2.68. The van der Waals surface area contributed by atoms with Crippen molar-refractivity contribution in [2.45, 2.75) is 0 Å². The van der Waals surface area contributed by atoms with Crippen molar-refractivity contribution in [3.05, 3.63) is 84.4 Å². The molecule has 0 aliphatic heterocycles. The number of para-hydroxylation sites is 1. The molecule has 4 rings (SSSR count). The van der Waals surface area contributed by atoms with Crippen LogP contribution in [0.15, 0.2) is 94.2 Å². The topological polar surface area (TPSA) is 65.2 Å². The Bertz CT molecular complexity index is 1110. The average Bonchev–Trinajstić information content (AvgIpc) is 3.17. The van der Waals surface area contributed by atoms with Gasteiger partial charge in [-0.05, 0) is 36.4 Å². The summed E-state index contributed by atoms with van der Waals surface area (Å²) in [5, 5.41) is 13.8. The molecule has 0 aliphatic carbocycles. The van der Waals surface area contributed by atoms with Gasteiger partial charge >= 0.3 is 0 Å². The van der Waals surface area contributed by atoms with Crippen molar-refractivity contribution in [2.24, 2.45) is 15.3 Å². The molecular formula is C22H20N6S. The number of aromatic nitrogens is 1. The fraction of sp³-hybridized carbons (Fsp3) is 0.0909. The summed E-state index contributed by atoms with van der Waals surface area (Å²) < 4.78 is 1.08. The van der Waals surface area contributed by atoms with Crippen molar-refractivity contribution in [3.8, 4) is 0 Å². The summed E-state index contributed by atoms with van der Waals surface area (Å²) in [5.74, 6) is 0.488. The molecule has 0 saturated carbocycles.